The minimum Gasteiger partial charge on any atom is -0.397 e. The van der Waals surface area contributed by atoms with Crippen molar-refractivity contribution in [1.82, 2.24) is 9.88 Å². The molecule has 0 unspecified atom stereocenters. The van der Waals surface area contributed by atoms with Crippen molar-refractivity contribution in [2.24, 2.45) is 0 Å². The van der Waals surface area contributed by atoms with Crippen LogP contribution >= 0.6 is 0 Å². The van der Waals surface area contributed by atoms with E-state index < -0.39 is 0 Å². The topological polar surface area (TPSA) is 42.2 Å². The zero-order valence-electron chi connectivity index (χ0n) is 6.91. The summed E-state index contributed by atoms with van der Waals surface area (Å²) in [5, 5.41) is 0. The Balaban J connectivity index is 2.71. The van der Waals surface area contributed by atoms with Crippen molar-refractivity contribution in [3.05, 3.63) is 24.0 Å². The van der Waals surface area contributed by atoms with Gasteiger partial charge in [0.25, 0.3) is 0 Å². The summed E-state index contributed by atoms with van der Waals surface area (Å²) in [5.74, 6) is 0. The first-order chi connectivity index (χ1) is 5.18. The van der Waals surface area contributed by atoms with Gasteiger partial charge in [-0.1, -0.05) is 0 Å². The Kier molecular flexibility index (Phi) is 2.44. The standard InChI is InChI=1S/C8H13N3/c1-11(2)6-7-3-8(9)5-10-4-7/h3-5H,6,9H2,1-2H3. The minimum atomic E-state index is 0.726. The molecule has 0 bridgehead atoms. The molecule has 0 aliphatic heterocycles. The molecule has 60 valence electrons. The van der Waals surface area contributed by atoms with Gasteiger partial charge in [-0.15, -0.1) is 0 Å². The summed E-state index contributed by atoms with van der Waals surface area (Å²) in [7, 11) is 4.03. The molecule has 1 heterocycles. The summed E-state index contributed by atoms with van der Waals surface area (Å²) in [6.07, 6.45) is 3.48. The Morgan fingerprint density at radius 2 is 2.18 bits per heavy atom. The van der Waals surface area contributed by atoms with E-state index in [1.54, 1.807) is 6.20 Å². The van der Waals surface area contributed by atoms with E-state index in [1.165, 1.54) is 0 Å². The highest BCUT2D eigenvalue weighted by molar-refractivity contribution is 5.36. The average molecular weight is 151 g/mol. The highest BCUT2D eigenvalue weighted by Gasteiger charge is 1.94. The number of hydrogen-bond donors (Lipinski definition) is 1. The van der Waals surface area contributed by atoms with E-state index in [9.17, 15) is 0 Å². The first-order valence-electron chi connectivity index (χ1n) is 3.52. The van der Waals surface area contributed by atoms with Gasteiger partial charge in [0.05, 0.1) is 5.69 Å². The van der Waals surface area contributed by atoms with Gasteiger partial charge in [-0.25, -0.2) is 0 Å². The summed E-state index contributed by atoms with van der Waals surface area (Å²) in [6, 6.07) is 1.94. The van der Waals surface area contributed by atoms with Crippen LogP contribution in [0.1, 0.15) is 5.56 Å². The van der Waals surface area contributed by atoms with E-state index in [-0.39, 0.29) is 0 Å². The minimum absolute atomic E-state index is 0.726. The van der Waals surface area contributed by atoms with Gasteiger partial charge in [0, 0.05) is 18.9 Å². The van der Waals surface area contributed by atoms with Crippen molar-refractivity contribution in [3.63, 3.8) is 0 Å². The number of hydrogen-bond acceptors (Lipinski definition) is 3. The molecule has 2 N–H and O–H groups in total. The lowest BCUT2D eigenvalue weighted by Crippen LogP contribution is -2.10. The molecule has 0 saturated carbocycles. The SMILES string of the molecule is CN(C)Cc1cncc(N)c1. The Hall–Kier alpha value is -1.09. The van der Waals surface area contributed by atoms with Crippen LogP contribution in [0.15, 0.2) is 18.5 Å². The van der Waals surface area contributed by atoms with Gasteiger partial charge in [0.15, 0.2) is 0 Å². The molecule has 3 heteroatoms. The van der Waals surface area contributed by atoms with Crippen molar-refractivity contribution in [1.29, 1.82) is 0 Å². The summed E-state index contributed by atoms with van der Waals surface area (Å²) in [6.45, 7) is 0.887. The monoisotopic (exact) mass is 151 g/mol. The molecular formula is C8H13N3. The second-order valence-electron chi connectivity index (χ2n) is 2.86. The number of nitrogens with two attached hydrogens (primary N) is 1. The molecule has 0 aromatic carbocycles. The van der Waals surface area contributed by atoms with Crippen LogP contribution in [-0.4, -0.2) is 24.0 Å². The molecule has 0 atom stereocenters. The van der Waals surface area contributed by atoms with Crippen LogP contribution in [0, 0.1) is 0 Å². The Bertz CT molecular complexity index is 233. The lowest BCUT2D eigenvalue weighted by molar-refractivity contribution is 0.402. The van der Waals surface area contributed by atoms with Crippen LogP contribution in [0.5, 0.6) is 0 Å². The number of nitrogen functional groups attached to an aromatic ring is 1. The number of pyridine rings is 1. The fourth-order valence-corrected chi connectivity index (χ4v) is 0.959. The third-order valence-electron chi connectivity index (χ3n) is 1.31. The van der Waals surface area contributed by atoms with Crippen LogP contribution in [0.4, 0.5) is 5.69 Å². The van der Waals surface area contributed by atoms with Crippen LogP contribution < -0.4 is 5.73 Å². The highest BCUT2D eigenvalue weighted by atomic mass is 15.0. The van der Waals surface area contributed by atoms with E-state index in [0.717, 1.165) is 17.8 Å². The third-order valence-corrected chi connectivity index (χ3v) is 1.31. The predicted octanol–water partition coefficient (Wildman–Crippen LogP) is 0.725. The van der Waals surface area contributed by atoms with E-state index in [1.807, 2.05) is 26.4 Å². The Morgan fingerprint density at radius 1 is 1.45 bits per heavy atom. The first kappa shape index (κ1) is 8.01. The maximum atomic E-state index is 5.55. The molecule has 0 radical (unpaired) electrons. The zero-order chi connectivity index (χ0) is 8.27. The van der Waals surface area contributed by atoms with E-state index >= 15 is 0 Å². The molecule has 0 fully saturated rings. The average Bonchev–Trinajstić information content (AvgIpc) is 1.85. The van der Waals surface area contributed by atoms with Gasteiger partial charge in [-0.2, -0.15) is 0 Å². The maximum absolute atomic E-state index is 5.55. The highest BCUT2D eigenvalue weighted by Crippen LogP contribution is 2.04. The van der Waals surface area contributed by atoms with Gasteiger partial charge in [-0.05, 0) is 25.7 Å². The van der Waals surface area contributed by atoms with Gasteiger partial charge >= 0.3 is 0 Å². The van der Waals surface area contributed by atoms with Crippen molar-refractivity contribution >= 4 is 5.69 Å². The van der Waals surface area contributed by atoms with E-state index in [0.29, 0.717) is 0 Å². The van der Waals surface area contributed by atoms with Gasteiger partial charge in [-0.3, -0.25) is 4.98 Å². The van der Waals surface area contributed by atoms with Crippen LogP contribution in [0.2, 0.25) is 0 Å². The maximum Gasteiger partial charge on any atom is 0.0503 e. The lowest BCUT2D eigenvalue weighted by Gasteiger charge is -2.08. The number of nitrogens with zero attached hydrogens (tertiary/aromatic N) is 2. The molecule has 0 saturated heterocycles. The van der Waals surface area contributed by atoms with Crippen LogP contribution in [0.25, 0.3) is 0 Å². The third kappa shape index (κ3) is 2.55. The molecule has 1 rings (SSSR count). The molecule has 3 nitrogen and oxygen atoms in total. The molecule has 0 amide bonds. The molecular weight excluding hydrogens is 138 g/mol. The van der Waals surface area contributed by atoms with Crippen LogP contribution in [0.3, 0.4) is 0 Å². The van der Waals surface area contributed by atoms with Crippen molar-refractivity contribution in [3.8, 4) is 0 Å². The van der Waals surface area contributed by atoms with Crippen molar-refractivity contribution < 1.29 is 0 Å². The van der Waals surface area contributed by atoms with Crippen molar-refractivity contribution in [2.75, 3.05) is 19.8 Å². The fourth-order valence-electron chi connectivity index (χ4n) is 0.959. The second-order valence-corrected chi connectivity index (χ2v) is 2.86. The van der Waals surface area contributed by atoms with Crippen molar-refractivity contribution in [2.45, 2.75) is 6.54 Å². The molecule has 1 aromatic heterocycles. The molecule has 1 aromatic rings. The molecule has 11 heavy (non-hydrogen) atoms. The summed E-state index contributed by atoms with van der Waals surface area (Å²) < 4.78 is 0. The predicted molar refractivity (Wildman–Crippen MR) is 46.0 cm³/mol. The van der Waals surface area contributed by atoms with Crippen LogP contribution in [-0.2, 0) is 6.54 Å². The van der Waals surface area contributed by atoms with E-state index in [4.69, 9.17) is 5.73 Å². The molecule has 0 spiro atoms. The smallest absolute Gasteiger partial charge is 0.0503 e. The molecule has 0 aliphatic carbocycles. The number of anilines is 1. The van der Waals surface area contributed by atoms with Gasteiger partial charge in [0.1, 0.15) is 0 Å². The zero-order valence-corrected chi connectivity index (χ0v) is 6.91. The Labute approximate surface area is 66.8 Å². The normalized spacial score (nSPS) is 10.5. The molecule has 0 aliphatic rings. The second kappa shape index (κ2) is 3.34. The van der Waals surface area contributed by atoms with E-state index in [2.05, 4.69) is 9.88 Å². The summed E-state index contributed by atoms with van der Waals surface area (Å²) in [4.78, 5) is 6.07. The largest absolute Gasteiger partial charge is 0.397 e. The Morgan fingerprint density at radius 3 is 2.73 bits per heavy atom. The first-order valence-corrected chi connectivity index (χ1v) is 3.52. The number of aromatic nitrogens is 1. The summed E-state index contributed by atoms with van der Waals surface area (Å²) >= 11 is 0. The lowest BCUT2D eigenvalue weighted by atomic mass is 10.2. The van der Waals surface area contributed by atoms with Gasteiger partial charge < -0.3 is 10.6 Å². The number of rotatable bonds is 2. The quantitative estimate of drug-likeness (QED) is 0.677. The van der Waals surface area contributed by atoms with Gasteiger partial charge in [0.2, 0.25) is 0 Å². The fraction of sp³-hybridized carbons (Fsp3) is 0.375. The summed E-state index contributed by atoms with van der Waals surface area (Å²) in [5.41, 5.74) is 7.43.